The summed E-state index contributed by atoms with van der Waals surface area (Å²) in [7, 11) is 0. The Labute approximate surface area is 51.1 Å². The lowest BCUT2D eigenvalue weighted by atomic mass is 12.0. The molecular formula is CH6NO2PS2. The molecule has 0 rings (SSSR count). The predicted molar refractivity (Wildman–Crippen MR) is 35.3 cm³/mol. The first-order chi connectivity index (χ1) is 3.12. The summed E-state index contributed by atoms with van der Waals surface area (Å²) in [6.45, 7) is 0. The van der Waals surface area contributed by atoms with Gasteiger partial charge < -0.3 is 4.89 Å². The quantitative estimate of drug-likeness (QED) is 0.452. The van der Waals surface area contributed by atoms with Gasteiger partial charge in [-0.3, -0.25) is 0 Å². The fraction of sp³-hybridized carbons (Fsp3) is 1.00. The summed E-state index contributed by atoms with van der Waals surface area (Å²) in [4.78, 5) is 8.67. The molecule has 0 aliphatic carbocycles. The topological polar surface area (TPSA) is 55.5 Å². The SMILES string of the molecule is CSP(O)(=S)ON. The predicted octanol–water partition coefficient (Wildman–Crippen LogP) is 0.457. The van der Waals surface area contributed by atoms with Crippen molar-refractivity contribution in [2.75, 3.05) is 6.26 Å². The monoisotopic (exact) mass is 159 g/mol. The second-order valence-corrected chi connectivity index (χ2v) is 7.03. The van der Waals surface area contributed by atoms with Crippen LogP contribution in [0.3, 0.4) is 0 Å². The van der Waals surface area contributed by atoms with Gasteiger partial charge in [0.05, 0.1) is 0 Å². The molecular weight excluding hydrogens is 153 g/mol. The third-order valence-corrected chi connectivity index (χ3v) is 4.33. The molecule has 1 atom stereocenters. The van der Waals surface area contributed by atoms with Crippen LogP contribution in [0.5, 0.6) is 0 Å². The van der Waals surface area contributed by atoms with Gasteiger partial charge in [0.2, 0.25) is 0 Å². The highest BCUT2D eigenvalue weighted by molar-refractivity contribution is 8.67. The standard InChI is InChI=1S/CH6NO2PS2/c1-7-5(3,6)4-2/h2H2,1H3,(H,3,6). The minimum Gasteiger partial charge on any atom is -0.337 e. The van der Waals surface area contributed by atoms with Crippen molar-refractivity contribution in [3.63, 3.8) is 0 Å². The molecule has 0 aliphatic heterocycles. The van der Waals surface area contributed by atoms with E-state index in [1.807, 2.05) is 0 Å². The van der Waals surface area contributed by atoms with Crippen LogP contribution in [0.1, 0.15) is 0 Å². The lowest BCUT2D eigenvalue weighted by Gasteiger charge is -2.04. The Kier molecular flexibility index (Phi) is 3.40. The van der Waals surface area contributed by atoms with Crippen molar-refractivity contribution in [2.45, 2.75) is 0 Å². The van der Waals surface area contributed by atoms with Crippen LogP contribution in [0.2, 0.25) is 0 Å². The zero-order valence-electron chi connectivity index (χ0n) is 3.70. The van der Waals surface area contributed by atoms with Gasteiger partial charge in [-0.25, -0.2) is 10.5 Å². The van der Waals surface area contributed by atoms with Crippen LogP contribution in [0.25, 0.3) is 0 Å². The van der Waals surface area contributed by atoms with Crippen LogP contribution in [0.15, 0.2) is 0 Å². The van der Waals surface area contributed by atoms with Gasteiger partial charge in [-0.1, -0.05) is 11.4 Å². The van der Waals surface area contributed by atoms with Crippen molar-refractivity contribution in [3.8, 4) is 0 Å². The van der Waals surface area contributed by atoms with E-state index in [2.05, 4.69) is 22.3 Å². The zero-order chi connectivity index (χ0) is 5.91. The van der Waals surface area contributed by atoms with Crippen molar-refractivity contribution in [2.24, 2.45) is 5.90 Å². The Morgan fingerprint density at radius 1 is 2.00 bits per heavy atom. The minimum atomic E-state index is -2.63. The Hall–Kier alpha value is 0.880. The van der Waals surface area contributed by atoms with Gasteiger partial charge in [-0.05, 0) is 18.1 Å². The Bertz CT molecular complexity index is 87.7. The maximum atomic E-state index is 8.67. The maximum absolute atomic E-state index is 8.67. The van der Waals surface area contributed by atoms with Crippen LogP contribution in [0, 0.1) is 0 Å². The largest absolute Gasteiger partial charge is 0.337 e. The van der Waals surface area contributed by atoms with Crippen molar-refractivity contribution in [1.82, 2.24) is 0 Å². The molecule has 6 heteroatoms. The first-order valence-electron chi connectivity index (χ1n) is 1.39. The summed E-state index contributed by atoms with van der Waals surface area (Å²) in [5.41, 5.74) is -2.63. The fourth-order valence-electron chi connectivity index (χ4n) is 0.0430. The van der Waals surface area contributed by atoms with E-state index in [4.69, 9.17) is 4.89 Å². The van der Waals surface area contributed by atoms with E-state index in [0.29, 0.717) is 0 Å². The summed E-state index contributed by atoms with van der Waals surface area (Å²) < 4.78 is 4.03. The van der Waals surface area contributed by atoms with Crippen LogP contribution >= 0.6 is 17.1 Å². The second-order valence-electron chi connectivity index (χ2n) is 0.757. The Balaban J connectivity index is 3.61. The number of hydrogen-bond donors (Lipinski definition) is 2. The summed E-state index contributed by atoms with van der Waals surface area (Å²) >= 11 is 5.49. The summed E-state index contributed by atoms with van der Waals surface area (Å²) in [5.74, 6) is 4.59. The number of rotatable bonds is 2. The summed E-state index contributed by atoms with van der Waals surface area (Å²) in [6.07, 6.45) is 1.65. The van der Waals surface area contributed by atoms with Crippen LogP contribution in [0.4, 0.5) is 0 Å². The van der Waals surface area contributed by atoms with Crippen molar-refractivity contribution in [1.29, 1.82) is 0 Å². The molecule has 0 bridgehead atoms. The third kappa shape index (κ3) is 3.46. The molecule has 7 heavy (non-hydrogen) atoms. The molecule has 0 saturated carbocycles. The molecule has 0 aromatic heterocycles. The molecule has 3 N–H and O–H groups in total. The summed E-state index contributed by atoms with van der Waals surface area (Å²) in [5, 5.41) is 0. The third-order valence-electron chi connectivity index (χ3n) is 0.364. The minimum absolute atomic E-state index is 1.06. The van der Waals surface area contributed by atoms with E-state index in [1.54, 1.807) is 6.26 Å². The van der Waals surface area contributed by atoms with E-state index in [0.717, 1.165) is 11.4 Å². The van der Waals surface area contributed by atoms with Gasteiger partial charge in [-0.15, -0.1) is 0 Å². The smallest absolute Gasteiger partial charge is 0.261 e. The van der Waals surface area contributed by atoms with E-state index in [9.17, 15) is 0 Å². The lowest BCUT2D eigenvalue weighted by molar-refractivity contribution is 0.335. The van der Waals surface area contributed by atoms with E-state index in [-0.39, 0.29) is 0 Å². The number of nitrogens with two attached hydrogens (primary N) is 1. The van der Waals surface area contributed by atoms with Crippen LogP contribution in [-0.2, 0) is 16.4 Å². The van der Waals surface area contributed by atoms with Crippen molar-refractivity contribution >= 4 is 28.9 Å². The average molecular weight is 159 g/mol. The molecule has 44 valence electrons. The molecule has 0 radical (unpaired) electrons. The molecule has 0 spiro atoms. The summed E-state index contributed by atoms with van der Waals surface area (Å²) in [6, 6.07) is 0. The lowest BCUT2D eigenvalue weighted by Crippen LogP contribution is -1.91. The van der Waals surface area contributed by atoms with Crippen LogP contribution < -0.4 is 5.90 Å². The van der Waals surface area contributed by atoms with E-state index in [1.165, 1.54) is 0 Å². The van der Waals surface area contributed by atoms with Gasteiger partial charge in [0, 0.05) is 0 Å². The van der Waals surface area contributed by atoms with Gasteiger partial charge >= 0.3 is 0 Å². The van der Waals surface area contributed by atoms with Gasteiger partial charge in [0.25, 0.3) is 5.69 Å². The Morgan fingerprint density at radius 2 is 2.43 bits per heavy atom. The maximum Gasteiger partial charge on any atom is 0.261 e. The van der Waals surface area contributed by atoms with Crippen LogP contribution in [-0.4, -0.2) is 11.1 Å². The first-order valence-corrected chi connectivity index (χ1v) is 5.89. The van der Waals surface area contributed by atoms with Gasteiger partial charge in [0.1, 0.15) is 0 Å². The zero-order valence-corrected chi connectivity index (χ0v) is 6.22. The molecule has 0 aromatic rings. The fourth-order valence-corrected chi connectivity index (χ4v) is 0.387. The highest BCUT2D eigenvalue weighted by Gasteiger charge is 2.06. The van der Waals surface area contributed by atoms with E-state index < -0.39 is 5.69 Å². The molecule has 0 amide bonds. The van der Waals surface area contributed by atoms with Crippen molar-refractivity contribution < 1.29 is 9.52 Å². The van der Waals surface area contributed by atoms with E-state index >= 15 is 0 Å². The normalized spacial score (nSPS) is 18.7. The molecule has 0 fully saturated rings. The van der Waals surface area contributed by atoms with Gasteiger partial charge in [-0.2, -0.15) is 0 Å². The second kappa shape index (κ2) is 3.02. The highest BCUT2D eigenvalue weighted by Crippen LogP contribution is 2.52. The number of hydrogen-bond acceptors (Lipinski definition) is 4. The first kappa shape index (κ1) is 7.88. The highest BCUT2D eigenvalue weighted by atomic mass is 32.9. The van der Waals surface area contributed by atoms with Crippen molar-refractivity contribution in [3.05, 3.63) is 0 Å². The molecule has 3 nitrogen and oxygen atoms in total. The molecule has 0 saturated heterocycles. The molecule has 0 heterocycles. The van der Waals surface area contributed by atoms with Gasteiger partial charge in [0.15, 0.2) is 0 Å². The molecule has 0 aliphatic rings. The molecule has 1 unspecified atom stereocenters. The average Bonchev–Trinajstić information content (AvgIpc) is 1.68. The Morgan fingerprint density at radius 3 is 2.43 bits per heavy atom. The molecule has 0 aromatic carbocycles.